The summed E-state index contributed by atoms with van der Waals surface area (Å²) in [5.41, 5.74) is 0.744. The van der Waals surface area contributed by atoms with Crippen LogP contribution in [0.4, 0.5) is 5.69 Å². The standard InChI is InChI=1S/C10H6Cl2N2O2/c11-6-1-3-7(4-2-6)13-9(15)8-5-16-10(12)14-8/h1-5H,(H,13,15). The van der Waals surface area contributed by atoms with Crippen LogP contribution in [0.2, 0.25) is 10.4 Å². The molecule has 0 unspecified atom stereocenters. The minimum atomic E-state index is -0.391. The van der Waals surface area contributed by atoms with Gasteiger partial charge in [0.05, 0.1) is 0 Å². The fourth-order valence-electron chi connectivity index (χ4n) is 1.08. The van der Waals surface area contributed by atoms with Gasteiger partial charge in [-0.15, -0.1) is 0 Å². The fraction of sp³-hybridized carbons (Fsp3) is 0. The van der Waals surface area contributed by atoms with Gasteiger partial charge in [0, 0.05) is 10.7 Å². The van der Waals surface area contributed by atoms with Crippen LogP contribution in [0, 0.1) is 0 Å². The molecule has 0 aliphatic heterocycles. The Balaban J connectivity index is 2.10. The van der Waals surface area contributed by atoms with Crippen molar-refractivity contribution in [1.82, 2.24) is 4.98 Å². The molecule has 0 saturated heterocycles. The van der Waals surface area contributed by atoms with E-state index >= 15 is 0 Å². The van der Waals surface area contributed by atoms with E-state index in [-0.39, 0.29) is 11.0 Å². The van der Waals surface area contributed by atoms with Gasteiger partial charge in [-0.1, -0.05) is 11.6 Å². The molecule has 2 aromatic rings. The Hall–Kier alpha value is -1.52. The average Bonchev–Trinajstić information content (AvgIpc) is 2.68. The van der Waals surface area contributed by atoms with Crippen LogP contribution in [0.1, 0.15) is 10.5 Å². The van der Waals surface area contributed by atoms with Gasteiger partial charge in [-0.05, 0) is 35.9 Å². The Morgan fingerprint density at radius 1 is 1.25 bits per heavy atom. The van der Waals surface area contributed by atoms with Gasteiger partial charge >= 0.3 is 0 Å². The van der Waals surface area contributed by atoms with Gasteiger partial charge in [-0.3, -0.25) is 4.79 Å². The normalized spacial score (nSPS) is 10.1. The first-order valence-corrected chi connectivity index (χ1v) is 5.09. The lowest BCUT2D eigenvalue weighted by atomic mass is 10.3. The van der Waals surface area contributed by atoms with Crippen molar-refractivity contribution in [1.29, 1.82) is 0 Å². The highest BCUT2D eigenvalue weighted by Crippen LogP contribution is 2.15. The predicted octanol–water partition coefficient (Wildman–Crippen LogP) is 3.23. The highest BCUT2D eigenvalue weighted by atomic mass is 35.5. The highest BCUT2D eigenvalue weighted by molar-refractivity contribution is 6.30. The van der Waals surface area contributed by atoms with E-state index in [1.165, 1.54) is 6.26 Å². The fourth-order valence-corrected chi connectivity index (χ4v) is 1.35. The predicted molar refractivity (Wildman–Crippen MR) is 60.9 cm³/mol. The number of nitrogens with one attached hydrogen (secondary N) is 1. The molecular weight excluding hydrogens is 251 g/mol. The summed E-state index contributed by atoms with van der Waals surface area (Å²) in [5.74, 6) is -0.391. The third-order valence-electron chi connectivity index (χ3n) is 1.81. The topological polar surface area (TPSA) is 55.1 Å². The number of hydrogen-bond donors (Lipinski definition) is 1. The van der Waals surface area contributed by atoms with Gasteiger partial charge in [-0.2, -0.15) is 4.98 Å². The van der Waals surface area contributed by atoms with Crippen LogP contribution >= 0.6 is 23.2 Å². The van der Waals surface area contributed by atoms with Gasteiger partial charge in [-0.25, -0.2) is 0 Å². The maximum Gasteiger partial charge on any atom is 0.292 e. The largest absolute Gasteiger partial charge is 0.435 e. The van der Waals surface area contributed by atoms with E-state index in [2.05, 4.69) is 10.3 Å². The SMILES string of the molecule is O=C(Nc1ccc(Cl)cc1)c1coc(Cl)n1. The quantitative estimate of drug-likeness (QED) is 0.898. The van der Waals surface area contributed by atoms with E-state index in [9.17, 15) is 4.79 Å². The first kappa shape index (κ1) is 11.0. The van der Waals surface area contributed by atoms with E-state index in [4.69, 9.17) is 27.6 Å². The van der Waals surface area contributed by atoms with Crippen LogP contribution in [-0.2, 0) is 0 Å². The number of rotatable bonds is 2. The number of amides is 1. The van der Waals surface area contributed by atoms with Crippen LogP contribution in [-0.4, -0.2) is 10.9 Å². The molecule has 1 amide bonds. The van der Waals surface area contributed by atoms with E-state index in [0.29, 0.717) is 10.7 Å². The van der Waals surface area contributed by atoms with Gasteiger partial charge in [0.2, 0.25) is 0 Å². The van der Waals surface area contributed by atoms with Crippen LogP contribution in [0.15, 0.2) is 34.9 Å². The Morgan fingerprint density at radius 3 is 2.50 bits per heavy atom. The van der Waals surface area contributed by atoms with Crippen LogP contribution in [0.3, 0.4) is 0 Å². The zero-order chi connectivity index (χ0) is 11.5. The van der Waals surface area contributed by atoms with Crippen molar-refractivity contribution in [3.8, 4) is 0 Å². The summed E-state index contributed by atoms with van der Waals surface area (Å²) in [5, 5.41) is 3.15. The molecule has 2 rings (SSSR count). The molecule has 0 bridgehead atoms. The van der Waals surface area contributed by atoms with E-state index in [0.717, 1.165) is 0 Å². The second-order valence-electron chi connectivity index (χ2n) is 2.95. The summed E-state index contributed by atoms with van der Waals surface area (Å²) in [6, 6.07) is 6.71. The summed E-state index contributed by atoms with van der Waals surface area (Å²) < 4.78 is 4.71. The lowest BCUT2D eigenvalue weighted by Crippen LogP contribution is -2.11. The molecule has 6 heteroatoms. The van der Waals surface area contributed by atoms with Gasteiger partial charge < -0.3 is 9.73 Å². The van der Waals surface area contributed by atoms with Gasteiger partial charge in [0.1, 0.15) is 6.26 Å². The minimum absolute atomic E-state index is 0.0683. The van der Waals surface area contributed by atoms with Crippen LogP contribution in [0.25, 0.3) is 0 Å². The third kappa shape index (κ3) is 2.53. The van der Waals surface area contributed by atoms with Crippen molar-refractivity contribution in [2.45, 2.75) is 0 Å². The first-order valence-electron chi connectivity index (χ1n) is 4.33. The van der Waals surface area contributed by atoms with E-state index in [1.54, 1.807) is 24.3 Å². The number of nitrogens with zero attached hydrogens (tertiary/aromatic N) is 1. The zero-order valence-corrected chi connectivity index (χ0v) is 9.42. The monoisotopic (exact) mass is 256 g/mol. The maximum atomic E-state index is 11.6. The minimum Gasteiger partial charge on any atom is -0.435 e. The van der Waals surface area contributed by atoms with Crippen molar-refractivity contribution in [2.75, 3.05) is 5.32 Å². The van der Waals surface area contributed by atoms with Gasteiger partial charge in [0.25, 0.3) is 11.3 Å². The second kappa shape index (κ2) is 4.55. The molecule has 0 aliphatic rings. The number of hydrogen-bond acceptors (Lipinski definition) is 3. The molecule has 1 aromatic heterocycles. The summed E-state index contributed by atoms with van der Waals surface area (Å²) in [6.07, 6.45) is 1.19. The van der Waals surface area contributed by atoms with Crippen molar-refractivity contribution in [2.24, 2.45) is 0 Å². The third-order valence-corrected chi connectivity index (χ3v) is 2.24. The summed E-state index contributed by atoms with van der Waals surface area (Å²) in [6.45, 7) is 0. The van der Waals surface area contributed by atoms with Crippen LogP contribution < -0.4 is 5.32 Å². The molecule has 82 valence electrons. The smallest absolute Gasteiger partial charge is 0.292 e. The number of carbonyl (C=O) groups is 1. The number of halogens is 2. The highest BCUT2D eigenvalue weighted by Gasteiger charge is 2.11. The van der Waals surface area contributed by atoms with Crippen molar-refractivity contribution in [3.05, 3.63) is 46.6 Å². The summed E-state index contributed by atoms with van der Waals surface area (Å²) in [4.78, 5) is 15.3. The first-order chi connectivity index (χ1) is 7.65. The molecule has 1 aromatic carbocycles. The summed E-state index contributed by atoms with van der Waals surface area (Å²) in [7, 11) is 0. The molecule has 0 radical (unpaired) electrons. The molecule has 0 saturated carbocycles. The molecule has 0 atom stereocenters. The lowest BCUT2D eigenvalue weighted by Gasteiger charge is -2.01. The number of oxazole rings is 1. The van der Waals surface area contributed by atoms with Crippen molar-refractivity contribution in [3.63, 3.8) is 0 Å². The number of carbonyl (C=O) groups excluding carboxylic acids is 1. The molecule has 0 aliphatic carbocycles. The Morgan fingerprint density at radius 2 is 1.94 bits per heavy atom. The molecule has 0 fully saturated rings. The molecule has 1 heterocycles. The van der Waals surface area contributed by atoms with Crippen LogP contribution in [0.5, 0.6) is 0 Å². The Kier molecular flexibility index (Phi) is 3.12. The summed E-state index contributed by atoms with van der Waals surface area (Å²) >= 11 is 11.2. The number of aromatic nitrogens is 1. The Bertz CT molecular complexity index is 508. The maximum absolute atomic E-state index is 11.6. The second-order valence-corrected chi connectivity index (χ2v) is 3.71. The van der Waals surface area contributed by atoms with Gasteiger partial charge in [0.15, 0.2) is 5.69 Å². The molecule has 0 spiro atoms. The van der Waals surface area contributed by atoms with E-state index in [1.807, 2.05) is 0 Å². The molecular formula is C10H6Cl2N2O2. The van der Waals surface area contributed by atoms with E-state index < -0.39 is 5.91 Å². The number of anilines is 1. The molecule has 1 N–H and O–H groups in total. The van der Waals surface area contributed by atoms with Crippen molar-refractivity contribution < 1.29 is 9.21 Å². The lowest BCUT2D eigenvalue weighted by molar-refractivity contribution is 0.102. The molecule has 16 heavy (non-hydrogen) atoms. The number of benzene rings is 1. The Labute approximate surface area is 101 Å². The average molecular weight is 257 g/mol. The molecule has 4 nitrogen and oxygen atoms in total. The zero-order valence-electron chi connectivity index (χ0n) is 7.91. The van der Waals surface area contributed by atoms with Crippen molar-refractivity contribution >= 4 is 34.8 Å².